The molecule has 1 aliphatic rings. The molecule has 2 N–H and O–H groups in total. The van der Waals surface area contributed by atoms with Crippen LogP contribution >= 0.6 is 0 Å². The number of nitrogens with zero attached hydrogens (tertiary/aromatic N) is 2. The van der Waals surface area contributed by atoms with Crippen LogP contribution in [0.4, 0.5) is 5.69 Å². The second-order valence-corrected chi connectivity index (χ2v) is 16.8. The van der Waals surface area contributed by atoms with Gasteiger partial charge in [0.1, 0.15) is 5.52 Å². The van der Waals surface area contributed by atoms with Gasteiger partial charge in [0.25, 0.3) is 5.69 Å². The van der Waals surface area contributed by atoms with E-state index in [4.69, 9.17) is 4.98 Å². The number of H-pyrrole nitrogens is 2. The molecule has 1 aliphatic heterocycles. The lowest BCUT2D eigenvalue weighted by Crippen LogP contribution is -2.10. The molecular formula is C45H46N4O2. The fourth-order valence-electron chi connectivity index (χ4n) is 6.97. The highest BCUT2D eigenvalue weighted by molar-refractivity contribution is 6.02. The Morgan fingerprint density at radius 3 is 1.33 bits per heavy atom. The van der Waals surface area contributed by atoms with E-state index in [0.717, 1.165) is 44.5 Å². The molecule has 4 heterocycles. The number of fused-ring (bicyclic) bond motifs is 6. The summed E-state index contributed by atoms with van der Waals surface area (Å²) in [5.74, 6) is 0. The first-order valence-electron chi connectivity index (χ1n) is 17.6. The van der Waals surface area contributed by atoms with E-state index < -0.39 is 0 Å². The lowest BCUT2D eigenvalue weighted by molar-refractivity contribution is -0.382. The molecule has 0 saturated heterocycles. The summed E-state index contributed by atoms with van der Waals surface area (Å²) in [6.07, 6.45) is 4.00. The molecule has 0 unspecified atom stereocenters. The minimum absolute atomic E-state index is 0.00117. The molecule has 3 aromatic heterocycles. The maximum Gasteiger partial charge on any atom is 0.295 e. The highest BCUT2D eigenvalue weighted by Gasteiger charge is 2.25. The minimum atomic E-state index is -0.295. The number of aromatic nitrogens is 3. The van der Waals surface area contributed by atoms with Gasteiger partial charge in [-0.05, 0) is 73.9 Å². The maximum atomic E-state index is 12.9. The first kappa shape index (κ1) is 34.0. The minimum Gasteiger partial charge on any atom is -0.354 e. The van der Waals surface area contributed by atoms with Gasteiger partial charge >= 0.3 is 0 Å². The van der Waals surface area contributed by atoms with E-state index in [0.29, 0.717) is 22.3 Å². The molecule has 0 spiro atoms. The van der Waals surface area contributed by atoms with Gasteiger partial charge in [0.05, 0.1) is 21.8 Å². The average molecular weight is 675 g/mol. The van der Waals surface area contributed by atoms with Crippen LogP contribution in [-0.4, -0.2) is 19.9 Å². The van der Waals surface area contributed by atoms with E-state index in [9.17, 15) is 10.1 Å². The molecule has 0 aliphatic carbocycles. The molecule has 0 amide bonds. The van der Waals surface area contributed by atoms with Crippen molar-refractivity contribution in [3.8, 4) is 33.4 Å². The number of aromatic amines is 2. The van der Waals surface area contributed by atoms with Crippen LogP contribution < -0.4 is 0 Å². The van der Waals surface area contributed by atoms with Crippen LogP contribution in [0.2, 0.25) is 0 Å². The molecule has 51 heavy (non-hydrogen) atoms. The van der Waals surface area contributed by atoms with Crippen LogP contribution in [0.25, 0.3) is 67.6 Å². The van der Waals surface area contributed by atoms with Gasteiger partial charge in [0.2, 0.25) is 0 Å². The van der Waals surface area contributed by atoms with E-state index in [1.807, 2.05) is 12.2 Å². The van der Waals surface area contributed by atoms with Gasteiger partial charge in [-0.1, -0.05) is 135 Å². The zero-order valence-electron chi connectivity index (χ0n) is 31.0. The van der Waals surface area contributed by atoms with Crippen LogP contribution in [0.5, 0.6) is 0 Å². The highest BCUT2D eigenvalue weighted by Crippen LogP contribution is 2.41. The van der Waals surface area contributed by atoms with Crippen molar-refractivity contribution < 1.29 is 4.92 Å². The zero-order chi connectivity index (χ0) is 36.5. The third-order valence-electron chi connectivity index (χ3n) is 10.0. The summed E-state index contributed by atoms with van der Waals surface area (Å²) >= 11 is 0. The van der Waals surface area contributed by atoms with Crippen LogP contribution in [-0.2, 0) is 16.2 Å². The molecule has 0 fully saturated rings. The number of nitrogens with one attached hydrogen (secondary N) is 2. The summed E-state index contributed by atoms with van der Waals surface area (Å²) in [5.41, 5.74) is 13.3. The first-order chi connectivity index (χ1) is 24.0. The molecule has 6 bridgehead atoms. The molecule has 6 nitrogen and oxygen atoms in total. The quantitative estimate of drug-likeness (QED) is 0.144. The van der Waals surface area contributed by atoms with E-state index in [1.165, 1.54) is 16.7 Å². The standard InChI is InChI=1S/C45H46N4O2/c1-43(2,3)30-16-10-27(11-17-30)39-33-22-23-35(46-33)40(28-12-18-31(19-13-28)44(4,5)6)37-26-38(49(50)51)42(48-37)41(36-25-24-34(39)47-36)29-14-20-32(21-15-29)45(7,8)9/h10-26,46,48H,1-9H3. The Morgan fingerprint density at radius 1 is 0.510 bits per heavy atom. The summed E-state index contributed by atoms with van der Waals surface area (Å²) in [5, 5.41) is 12.9. The van der Waals surface area contributed by atoms with Crippen LogP contribution in [0.1, 0.15) is 90.4 Å². The number of rotatable bonds is 4. The van der Waals surface area contributed by atoms with Gasteiger partial charge in [0.15, 0.2) is 0 Å². The van der Waals surface area contributed by atoms with E-state index >= 15 is 0 Å². The van der Waals surface area contributed by atoms with Gasteiger partial charge < -0.3 is 9.97 Å². The third-order valence-corrected chi connectivity index (χ3v) is 10.0. The first-order valence-corrected chi connectivity index (χ1v) is 17.6. The molecule has 0 radical (unpaired) electrons. The Hall–Kier alpha value is -5.49. The Balaban J connectivity index is 1.62. The van der Waals surface area contributed by atoms with E-state index in [-0.39, 0.29) is 26.9 Å². The third kappa shape index (κ3) is 6.35. The largest absolute Gasteiger partial charge is 0.354 e. The van der Waals surface area contributed by atoms with Crippen molar-refractivity contribution >= 4 is 39.9 Å². The Morgan fingerprint density at radius 2 is 0.902 bits per heavy atom. The lowest BCUT2D eigenvalue weighted by Gasteiger charge is -2.19. The van der Waals surface area contributed by atoms with Gasteiger partial charge in [-0.2, -0.15) is 0 Å². The van der Waals surface area contributed by atoms with E-state index in [2.05, 4.69) is 157 Å². The van der Waals surface area contributed by atoms with Gasteiger partial charge in [-0.15, -0.1) is 0 Å². The summed E-state index contributed by atoms with van der Waals surface area (Å²) < 4.78 is 0. The number of benzene rings is 3. The fraction of sp³-hybridized carbons (Fsp3) is 0.267. The Bertz CT molecular complexity index is 2400. The Kier molecular flexibility index (Phi) is 8.05. The molecule has 0 saturated carbocycles. The summed E-state index contributed by atoms with van der Waals surface area (Å²) in [6.45, 7) is 19.8. The monoisotopic (exact) mass is 674 g/mol. The predicted octanol–water partition coefficient (Wildman–Crippen LogP) is 12.5. The average Bonchev–Trinajstić information content (AvgIpc) is 3.83. The SMILES string of the molecule is CC(C)(C)c1ccc(-c2c3nc(c(-c4ccc(C(C)(C)C)cc4)c4[nH]c(cc4[N+](=O)[O-])c(-c4ccc(C(C)(C)C)cc4)c4ccc2[nH]4)C=C3)cc1. The smallest absolute Gasteiger partial charge is 0.295 e. The fourth-order valence-corrected chi connectivity index (χ4v) is 6.97. The Labute approximate surface area is 300 Å². The molecule has 3 aromatic carbocycles. The second kappa shape index (κ2) is 12.1. The molecule has 258 valence electrons. The normalized spacial score (nSPS) is 12.9. The summed E-state index contributed by atoms with van der Waals surface area (Å²) in [7, 11) is 0. The van der Waals surface area contributed by atoms with Crippen molar-refractivity contribution in [2.24, 2.45) is 0 Å². The number of hydrogen-bond donors (Lipinski definition) is 2. The van der Waals surface area contributed by atoms with E-state index in [1.54, 1.807) is 6.07 Å². The van der Waals surface area contributed by atoms with Crippen molar-refractivity contribution in [3.05, 3.63) is 129 Å². The lowest BCUT2D eigenvalue weighted by atomic mass is 9.86. The topological polar surface area (TPSA) is 87.6 Å². The van der Waals surface area contributed by atoms with Crippen LogP contribution in [0.15, 0.2) is 91.0 Å². The molecule has 0 atom stereocenters. The highest BCUT2D eigenvalue weighted by atomic mass is 16.6. The van der Waals surface area contributed by atoms with Crippen LogP contribution in [0.3, 0.4) is 0 Å². The molecule has 6 heteroatoms. The van der Waals surface area contributed by atoms with Crippen molar-refractivity contribution in [1.29, 1.82) is 0 Å². The van der Waals surface area contributed by atoms with Crippen molar-refractivity contribution in [3.63, 3.8) is 0 Å². The molecule has 6 aromatic rings. The van der Waals surface area contributed by atoms with Crippen molar-refractivity contribution in [1.82, 2.24) is 15.0 Å². The second-order valence-electron chi connectivity index (χ2n) is 16.8. The molecule has 7 rings (SSSR count). The zero-order valence-corrected chi connectivity index (χ0v) is 31.0. The molecular weight excluding hydrogens is 629 g/mol. The summed E-state index contributed by atoms with van der Waals surface area (Å²) in [4.78, 5) is 25.1. The number of hydrogen-bond acceptors (Lipinski definition) is 3. The van der Waals surface area contributed by atoms with Crippen LogP contribution in [0, 0.1) is 10.1 Å². The maximum absolute atomic E-state index is 12.9. The van der Waals surface area contributed by atoms with Crippen molar-refractivity contribution in [2.75, 3.05) is 0 Å². The van der Waals surface area contributed by atoms with Gasteiger partial charge in [0, 0.05) is 33.8 Å². The van der Waals surface area contributed by atoms with Crippen molar-refractivity contribution in [2.45, 2.75) is 78.6 Å². The predicted molar refractivity (Wildman–Crippen MR) is 214 cm³/mol. The number of nitro groups is 1. The van der Waals surface area contributed by atoms with Gasteiger partial charge in [-0.3, -0.25) is 10.1 Å². The van der Waals surface area contributed by atoms with Gasteiger partial charge in [-0.25, -0.2) is 4.98 Å². The summed E-state index contributed by atoms with van der Waals surface area (Å²) in [6, 6.07) is 31.4.